The van der Waals surface area contributed by atoms with Crippen molar-refractivity contribution < 1.29 is 19.4 Å². The number of aliphatic hydroxyl groups excluding tert-OH is 1. The Kier molecular flexibility index (Phi) is 3.45. The minimum absolute atomic E-state index is 0.281. The molecule has 1 fully saturated rings. The lowest BCUT2D eigenvalue weighted by atomic mass is 10.3. The van der Waals surface area contributed by atoms with E-state index in [4.69, 9.17) is 14.6 Å². The highest BCUT2D eigenvalue weighted by Crippen LogP contribution is 2.14. The van der Waals surface area contributed by atoms with Crippen LogP contribution < -0.4 is 0 Å². The van der Waals surface area contributed by atoms with Crippen LogP contribution >= 0.6 is 0 Å². The molecular formula is C9H14O4. The molecule has 74 valence electrons. The molecule has 1 N–H and O–H groups in total. The molecule has 4 heteroatoms. The van der Waals surface area contributed by atoms with Gasteiger partial charge in [0.1, 0.15) is 6.10 Å². The minimum Gasteiger partial charge on any atom is -0.457 e. The maximum Gasteiger partial charge on any atom is 0.331 e. The van der Waals surface area contributed by atoms with Gasteiger partial charge in [0.2, 0.25) is 0 Å². The maximum atomic E-state index is 11.1. The maximum absolute atomic E-state index is 11.1. The van der Waals surface area contributed by atoms with Crippen LogP contribution in [0.2, 0.25) is 0 Å². The number of hydrogen-bond acceptors (Lipinski definition) is 4. The number of carbonyl (C=O) groups excluding carboxylic acids is 1. The molecule has 0 radical (unpaired) electrons. The molecule has 0 aromatic rings. The molecule has 4 nitrogen and oxygen atoms in total. The lowest BCUT2D eigenvalue weighted by molar-refractivity contribution is -0.142. The summed E-state index contributed by atoms with van der Waals surface area (Å²) in [6, 6.07) is 0. The summed E-state index contributed by atoms with van der Waals surface area (Å²) < 4.78 is 9.82. The molecule has 1 aliphatic heterocycles. The van der Waals surface area contributed by atoms with Crippen molar-refractivity contribution in [1.29, 1.82) is 0 Å². The number of rotatable bonds is 2. The third-order valence-electron chi connectivity index (χ3n) is 1.63. The van der Waals surface area contributed by atoms with Crippen molar-refractivity contribution >= 4 is 5.97 Å². The van der Waals surface area contributed by atoms with E-state index in [9.17, 15) is 4.79 Å². The van der Waals surface area contributed by atoms with Crippen molar-refractivity contribution in [2.24, 2.45) is 0 Å². The molecular weight excluding hydrogens is 172 g/mol. The Bertz CT molecular complexity index is 218. The second kappa shape index (κ2) is 4.39. The molecule has 13 heavy (non-hydrogen) atoms. The Balaban J connectivity index is 2.33. The Morgan fingerprint density at radius 2 is 2.31 bits per heavy atom. The van der Waals surface area contributed by atoms with Gasteiger partial charge in [-0.3, -0.25) is 0 Å². The molecule has 0 aromatic heterocycles. The van der Waals surface area contributed by atoms with Crippen molar-refractivity contribution in [3.05, 3.63) is 11.6 Å². The van der Waals surface area contributed by atoms with Gasteiger partial charge >= 0.3 is 5.97 Å². The number of hydrogen-bond donors (Lipinski definition) is 1. The first-order valence-corrected chi connectivity index (χ1v) is 4.23. The third kappa shape index (κ3) is 3.57. The summed E-state index contributed by atoms with van der Waals surface area (Å²) in [4.78, 5) is 11.1. The van der Waals surface area contributed by atoms with E-state index in [1.807, 2.05) is 13.8 Å². The predicted octanol–water partition coefficient (Wildman–Crippen LogP) is 0.603. The highest BCUT2D eigenvalue weighted by molar-refractivity contribution is 5.82. The van der Waals surface area contributed by atoms with E-state index in [2.05, 4.69) is 0 Å². The van der Waals surface area contributed by atoms with Crippen molar-refractivity contribution in [2.75, 3.05) is 6.61 Å². The van der Waals surface area contributed by atoms with Crippen LogP contribution in [-0.2, 0) is 14.3 Å². The van der Waals surface area contributed by atoms with Gasteiger partial charge in [0, 0.05) is 12.5 Å². The summed E-state index contributed by atoms with van der Waals surface area (Å²) in [5.41, 5.74) is 0.893. The molecule has 0 aromatic carbocycles. The van der Waals surface area contributed by atoms with E-state index in [1.165, 1.54) is 6.08 Å². The summed E-state index contributed by atoms with van der Waals surface area (Å²) in [7, 11) is 0. The Morgan fingerprint density at radius 3 is 2.77 bits per heavy atom. The Morgan fingerprint density at radius 1 is 1.62 bits per heavy atom. The highest BCUT2D eigenvalue weighted by Gasteiger charge is 2.25. The smallest absolute Gasteiger partial charge is 0.331 e. The van der Waals surface area contributed by atoms with Gasteiger partial charge in [0.15, 0.2) is 6.29 Å². The SMILES string of the molecule is CC(C)=CC(=O)OC1COC(O)C1. The van der Waals surface area contributed by atoms with Crippen molar-refractivity contribution in [2.45, 2.75) is 32.7 Å². The normalized spacial score (nSPS) is 27.0. The summed E-state index contributed by atoms with van der Waals surface area (Å²) in [5.74, 6) is -0.372. The first-order chi connectivity index (χ1) is 6.08. The number of aliphatic hydroxyl groups is 1. The first kappa shape index (κ1) is 10.2. The van der Waals surface area contributed by atoms with E-state index < -0.39 is 6.29 Å². The van der Waals surface area contributed by atoms with Gasteiger partial charge in [0.05, 0.1) is 6.61 Å². The molecule has 2 atom stereocenters. The zero-order chi connectivity index (χ0) is 9.84. The van der Waals surface area contributed by atoms with Crippen molar-refractivity contribution in [3.8, 4) is 0 Å². The highest BCUT2D eigenvalue weighted by atomic mass is 16.6. The van der Waals surface area contributed by atoms with Gasteiger partial charge in [-0.2, -0.15) is 0 Å². The summed E-state index contributed by atoms with van der Waals surface area (Å²) >= 11 is 0. The van der Waals surface area contributed by atoms with Crippen LogP contribution in [0.25, 0.3) is 0 Å². The van der Waals surface area contributed by atoms with E-state index in [1.54, 1.807) is 0 Å². The van der Waals surface area contributed by atoms with Gasteiger partial charge < -0.3 is 14.6 Å². The van der Waals surface area contributed by atoms with Crippen LogP contribution in [0.4, 0.5) is 0 Å². The van der Waals surface area contributed by atoms with E-state index >= 15 is 0 Å². The van der Waals surface area contributed by atoms with E-state index in [0.717, 1.165) is 5.57 Å². The van der Waals surface area contributed by atoms with Crippen LogP contribution in [0.5, 0.6) is 0 Å². The van der Waals surface area contributed by atoms with Crippen molar-refractivity contribution in [1.82, 2.24) is 0 Å². The fourth-order valence-electron chi connectivity index (χ4n) is 1.10. The van der Waals surface area contributed by atoms with Crippen LogP contribution in [-0.4, -0.2) is 30.1 Å². The molecule has 0 saturated carbocycles. The van der Waals surface area contributed by atoms with E-state index in [-0.39, 0.29) is 18.7 Å². The van der Waals surface area contributed by atoms with Gasteiger partial charge in [-0.05, 0) is 13.8 Å². The minimum atomic E-state index is -0.787. The van der Waals surface area contributed by atoms with Gasteiger partial charge in [-0.1, -0.05) is 5.57 Å². The van der Waals surface area contributed by atoms with Crippen molar-refractivity contribution in [3.63, 3.8) is 0 Å². The molecule has 0 amide bonds. The largest absolute Gasteiger partial charge is 0.457 e. The van der Waals surface area contributed by atoms with Crippen LogP contribution in [0.1, 0.15) is 20.3 Å². The quantitative estimate of drug-likeness (QED) is 0.507. The van der Waals surface area contributed by atoms with Gasteiger partial charge in [0.25, 0.3) is 0 Å². The molecule has 0 bridgehead atoms. The molecule has 2 unspecified atom stereocenters. The van der Waals surface area contributed by atoms with Crippen LogP contribution in [0.15, 0.2) is 11.6 Å². The Labute approximate surface area is 77.1 Å². The fourth-order valence-corrected chi connectivity index (χ4v) is 1.10. The molecule has 0 spiro atoms. The second-order valence-corrected chi connectivity index (χ2v) is 3.30. The Hall–Kier alpha value is -0.870. The van der Waals surface area contributed by atoms with Crippen LogP contribution in [0, 0.1) is 0 Å². The summed E-state index contributed by atoms with van der Waals surface area (Å²) in [5, 5.41) is 8.97. The molecule has 1 rings (SSSR count). The fraction of sp³-hybridized carbons (Fsp3) is 0.667. The summed E-state index contributed by atoms with van der Waals surface area (Å²) in [6.45, 7) is 3.92. The average molecular weight is 186 g/mol. The first-order valence-electron chi connectivity index (χ1n) is 4.23. The predicted molar refractivity (Wildman–Crippen MR) is 45.9 cm³/mol. The molecule has 1 heterocycles. The lowest BCUT2D eigenvalue weighted by Gasteiger charge is -2.07. The zero-order valence-electron chi connectivity index (χ0n) is 7.82. The lowest BCUT2D eigenvalue weighted by Crippen LogP contribution is -2.17. The van der Waals surface area contributed by atoms with E-state index in [0.29, 0.717) is 6.42 Å². The summed E-state index contributed by atoms with van der Waals surface area (Å²) in [6.07, 6.45) is 0.690. The monoisotopic (exact) mass is 186 g/mol. The van der Waals surface area contributed by atoms with Crippen LogP contribution in [0.3, 0.4) is 0 Å². The number of ether oxygens (including phenoxy) is 2. The van der Waals surface area contributed by atoms with Gasteiger partial charge in [-0.15, -0.1) is 0 Å². The molecule has 1 aliphatic rings. The third-order valence-corrected chi connectivity index (χ3v) is 1.63. The number of carbonyl (C=O) groups is 1. The number of allylic oxidation sites excluding steroid dienone is 1. The van der Waals surface area contributed by atoms with Gasteiger partial charge in [-0.25, -0.2) is 4.79 Å². The second-order valence-electron chi connectivity index (χ2n) is 3.30. The molecule has 1 saturated heterocycles. The average Bonchev–Trinajstić information content (AvgIpc) is 2.33. The molecule has 0 aliphatic carbocycles. The zero-order valence-corrected chi connectivity index (χ0v) is 7.82. The standard InChI is InChI=1S/C9H14O4/c1-6(2)3-9(11)13-7-4-8(10)12-5-7/h3,7-8,10H,4-5H2,1-2H3. The number of esters is 1. The topological polar surface area (TPSA) is 55.8 Å².